The van der Waals surface area contributed by atoms with Gasteiger partial charge in [-0.2, -0.15) is 0 Å². The van der Waals surface area contributed by atoms with Gasteiger partial charge in [-0.15, -0.1) is 5.10 Å². The molecule has 0 aromatic carbocycles. The molecule has 0 unspecified atom stereocenters. The van der Waals surface area contributed by atoms with Gasteiger partial charge in [0.2, 0.25) is 0 Å². The van der Waals surface area contributed by atoms with Crippen molar-refractivity contribution in [1.29, 1.82) is 0 Å². The smallest absolute Gasteiger partial charge is 0.0880 e. The zero-order valence-electron chi connectivity index (χ0n) is 13.1. The fraction of sp³-hybridized carbons (Fsp3) is 0.857. The molecule has 1 aromatic heterocycles. The highest BCUT2D eigenvalue weighted by atomic mass is 16.5. The molecule has 116 valence electrons. The van der Waals surface area contributed by atoms with Crippen LogP contribution in [0.15, 0.2) is 6.20 Å². The Morgan fingerprint density at radius 3 is 2.15 bits per heavy atom. The quantitative estimate of drug-likeness (QED) is 0.612. The van der Waals surface area contributed by atoms with Gasteiger partial charge in [0.05, 0.1) is 45.3 Å². The summed E-state index contributed by atoms with van der Waals surface area (Å²) in [6.07, 6.45) is 1.97. The lowest BCUT2D eigenvalue weighted by Crippen LogP contribution is -2.13. The normalized spacial score (nSPS) is 12.0. The zero-order valence-corrected chi connectivity index (χ0v) is 13.1. The Labute approximate surface area is 121 Å². The topological polar surface area (TPSA) is 58.4 Å². The predicted octanol–water partition coefficient (Wildman–Crippen LogP) is 1.65. The van der Waals surface area contributed by atoms with Crippen LogP contribution in [0, 0.1) is 0 Å². The van der Waals surface area contributed by atoms with E-state index in [-0.39, 0.29) is 5.41 Å². The van der Waals surface area contributed by atoms with Crippen LogP contribution < -0.4 is 0 Å². The summed E-state index contributed by atoms with van der Waals surface area (Å²) in [5, 5.41) is 8.25. The number of hydrogen-bond acceptors (Lipinski definition) is 5. The average molecular weight is 285 g/mol. The van der Waals surface area contributed by atoms with Crippen LogP contribution in [0.25, 0.3) is 0 Å². The minimum atomic E-state index is 0.0352. The zero-order chi connectivity index (χ0) is 14.8. The minimum Gasteiger partial charge on any atom is -0.379 e. The first-order chi connectivity index (χ1) is 9.54. The first-order valence-corrected chi connectivity index (χ1v) is 7.18. The molecule has 0 aliphatic rings. The SMILES string of the molecule is CCOCCOCCOCCn1cc(C(C)(C)C)nn1. The third-order valence-corrected chi connectivity index (χ3v) is 2.72. The first-order valence-electron chi connectivity index (χ1n) is 7.18. The monoisotopic (exact) mass is 285 g/mol. The molecule has 0 aliphatic carbocycles. The van der Waals surface area contributed by atoms with Crippen LogP contribution in [0.5, 0.6) is 0 Å². The van der Waals surface area contributed by atoms with E-state index in [9.17, 15) is 0 Å². The molecule has 0 spiro atoms. The molecule has 6 heteroatoms. The van der Waals surface area contributed by atoms with Crippen molar-refractivity contribution in [2.45, 2.75) is 39.7 Å². The van der Waals surface area contributed by atoms with Crippen molar-refractivity contribution < 1.29 is 14.2 Å². The molecule has 0 saturated heterocycles. The standard InChI is InChI=1S/C14H27N3O3/c1-5-18-8-9-20-11-10-19-7-6-17-12-13(15-16-17)14(2,3)4/h12H,5-11H2,1-4H3. The third kappa shape index (κ3) is 6.98. The van der Waals surface area contributed by atoms with E-state index in [1.807, 2.05) is 17.8 Å². The Kier molecular flexibility index (Phi) is 7.72. The van der Waals surface area contributed by atoms with Crippen molar-refractivity contribution in [2.75, 3.05) is 39.6 Å². The van der Waals surface area contributed by atoms with E-state index in [0.717, 1.165) is 12.3 Å². The summed E-state index contributed by atoms with van der Waals surface area (Å²) in [6, 6.07) is 0. The molecule has 1 rings (SSSR count). The number of rotatable bonds is 10. The summed E-state index contributed by atoms with van der Waals surface area (Å²) in [7, 11) is 0. The van der Waals surface area contributed by atoms with Crippen LogP contribution in [0.1, 0.15) is 33.4 Å². The van der Waals surface area contributed by atoms with E-state index in [4.69, 9.17) is 14.2 Å². The highest BCUT2D eigenvalue weighted by Crippen LogP contribution is 2.18. The van der Waals surface area contributed by atoms with E-state index in [1.165, 1.54) is 0 Å². The second kappa shape index (κ2) is 9.05. The molecule has 0 fully saturated rings. The Bertz CT molecular complexity index is 361. The van der Waals surface area contributed by atoms with Crippen LogP contribution >= 0.6 is 0 Å². The maximum Gasteiger partial charge on any atom is 0.0880 e. The van der Waals surface area contributed by atoms with Crippen molar-refractivity contribution in [3.63, 3.8) is 0 Å². The van der Waals surface area contributed by atoms with Crippen molar-refractivity contribution in [3.05, 3.63) is 11.9 Å². The highest BCUT2D eigenvalue weighted by molar-refractivity contribution is 5.06. The molecular formula is C14H27N3O3. The van der Waals surface area contributed by atoms with E-state index in [0.29, 0.717) is 39.6 Å². The summed E-state index contributed by atoms with van der Waals surface area (Å²) < 4.78 is 17.8. The first kappa shape index (κ1) is 17.1. The van der Waals surface area contributed by atoms with Crippen molar-refractivity contribution >= 4 is 0 Å². The van der Waals surface area contributed by atoms with Gasteiger partial charge in [0, 0.05) is 18.2 Å². The predicted molar refractivity (Wildman–Crippen MR) is 76.9 cm³/mol. The summed E-state index contributed by atoms with van der Waals surface area (Å²) in [5.74, 6) is 0. The van der Waals surface area contributed by atoms with Gasteiger partial charge in [-0.05, 0) is 6.92 Å². The molecule has 1 heterocycles. The summed E-state index contributed by atoms with van der Waals surface area (Å²) >= 11 is 0. The van der Waals surface area contributed by atoms with Gasteiger partial charge < -0.3 is 14.2 Å². The van der Waals surface area contributed by atoms with Gasteiger partial charge in [-0.3, -0.25) is 0 Å². The second-order valence-corrected chi connectivity index (χ2v) is 5.54. The number of ether oxygens (including phenoxy) is 3. The van der Waals surface area contributed by atoms with Crippen LogP contribution in [0.2, 0.25) is 0 Å². The molecular weight excluding hydrogens is 258 g/mol. The van der Waals surface area contributed by atoms with Crippen LogP contribution in [-0.2, 0) is 26.2 Å². The van der Waals surface area contributed by atoms with Crippen LogP contribution in [0.3, 0.4) is 0 Å². The lowest BCUT2D eigenvalue weighted by Gasteiger charge is -2.12. The molecule has 20 heavy (non-hydrogen) atoms. The molecule has 6 nitrogen and oxygen atoms in total. The minimum absolute atomic E-state index is 0.0352. The van der Waals surface area contributed by atoms with Gasteiger partial charge in [0.1, 0.15) is 0 Å². The molecule has 1 aromatic rings. The third-order valence-electron chi connectivity index (χ3n) is 2.72. The lowest BCUT2D eigenvalue weighted by atomic mass is 9.93. The summed E-state index contributed by atoms with van der Waals surface area (Å²) in [6.45, 7) is 12.8. The Morgan fingerprint density at radius 2 is 1.60 bits per heavy atom. The molecule has 0 saturated carbocycles. The number of aromatic nitrogens is 3. The molecule has 0 atom stereocenters. The molecule has 0 radical (unpaired) electrons. The number of nitrogens with zero attached hydrogens (tertiary/aromatic N) is 3. The van der Waals surface area contributed by atoms with E-state index < -0.39 is 0 Å². The van der Waals surface area contributed by atoms with Gasteiger partial charge in [0.25, 0.3) is 0 Å². The van der Waals surface area contributed by atoms with Crippen molar-refractivity contribution in [3.8, 4) is 0 Å². The van der Waals surface area contributed by atoms with Crippen molar-refractivity contribution in [2.24, 2.45) is 0 Å². The van der Waals surface area contributed by atoms with E-state index in [1.54, 1.807) is 0 Å². The fourth-order valence-corrected chi connectivity index (χ4v) is 1.49. The van der Waals surface area contributed by atoms with Crippen molar-refractivity contribution in [1.82, 2.24) is 15.0 Å². The van der Waals surface area contributed by atoms with E-state index in [2.05, 4.69) is 31.1 Å². The molecule has 0 aliphatic heterocycles. The van der Waals surface area contributed by atoms with Crippen LogP contribution in [0.4, 0.5) is 0 Å². The maximum absolute atomic E-state index is 5.48. The Morgan fingerprint density at radius 1 is 1.00 bits per heavy atom. The molecule has 0 bridgehead atoms. The fourth-order valence-electron chi connectivity index (χ4n) is 1.49. The highest BCUT2D eigenvalue weighted by Gasteiger charge is 2.17. The molecule has 0 amide bonds. The maximum atomic E-state index is 5.48. The average Bonchev–Trinajstić information content (AvgIpc) is 2.85. The number of hydrogen-bond donors (Lipinski definition) is 0. The van der Waals surface area contributed by atoms with Crippen LogP contribution in [-0.4, -0.2) is 54.6 Å². The van der Waals surface area contributed by atoms with Gasteiger partial charge in [-0.1, -0.05) is 26.0 Å². The molecule has 0 N–H and O–H groups in total. The largest absolute Gasteiger partial charge is 0.379 e. The second-order valence-electron chi connectivity index (χ2n) is 5.54. The Hall–Kier alpha value is -0.980. The Balaban J connectivity index is 2.03. The van der Waals surface area contributed by atoms with Gasteiger partial charge in [-0.25, -0.2) is 4.68 Å². The van der Waals surface area contributed by atoms with E-state index >= 15 is 0 Å². The van der Waals surface area contributed by atoms with Gasteiger partial charge >= 0.3 is 0 Å². The summed E-state index contributed by atoms with van der Waals surface area (Å²) in [5.41, 5.74) is 1.03. The van der Waals surface area contributed by atoms with Gasteiger partial charge in [0.15, 0.2) is 0 Å². The summed E-state index contributed by atoms with van der Waals surface area (Å²) in [4.78, 5) is 0. The lowest BCUT2D eigenvalue weighted by molar-refractivity contribution is 0.0150.